The van der Waals surface area contributed by atoms with Gasteiger partial charge in [0.05, 0.1) is 5.39 Å². The van der Waals surface area contributed by atoms with Crippen LogP contribution in [0.1, 0.15) is 5.82 Å². The third-order valence-electron chi connectivity index (χ3n) is 2.58. The van der Waals surface area contributed by atoms with Crippen LogP contribution in [0.2, 0.25) is 0 Å². The average Bonchev–Trinajstić information content (AvgIpc) is 2.87. The van der Waals surface area contributed by atoms with Crippen LogP contribution in [0.5, 0.6) is 5.75 Å². The molecule has 3 rings (SSSR count). The molecule has 0 saturated carbocycles. The molecule has 0 unspecified atom stereocenters. The number of thiophene rings is 1. The molecule has 2 N–H and O–H groups in total. The summed E-state index contributed by atoms with van der Waals surface area (Å²) in [5.74, 6) is 1.91. The molecule has 0 bridgehead atoms. The van der Waals surface area contributed by atoms with Crippen LogP contribution in [0, 0.1) is 3.57 Å². The van der Waals surface area contributed by atoms with Crippen molar-refractivity contribution in [2.75, 3.05) is 5.73 Å². The quantitative estimate of drug-likeness (QED) is 0.704. The summed E-state index contributed by atoms with van der Waals surface area (Å²) in [4.78, 5) is 9.58. The van der Waals surface area contributed by atoms with Crippen molar-refractivity contribution in [3.05, 3.63) is 45.1 Å². The van der Waals surface area contributed by atoms with Crippen LogP contribution in [-0.2, 0) is 6.61 Å². The lowest BCUT2D eigenvalue weighted by atomic mass is 10.3. The van der Waals surface area contributed by atoms with E-state index in [9.17, 15) is 0 Å². The monoisotopic (exact) mass is 383 g/mol. The number of nitrogen functional groups attached to an aromatic ring is 1. The van der Waals surface area contributed by atoms with Crippen molar-refractivity contribution in [3.8, 4) is 5.75 Å². The van der Waals surface area contributed by atoms with E-state index in [2.05, 4.69) is 32.6 Å². The van der Waals surface area contributed by atoms with Crippen LogP contribution >= 0.6 is 33.9 Å². The molecule has 0 radical (unpaired) electrons. The zero-order valence-corrected chi connectivity index (χ0v) is 12.8. The topological polar surface area (TPSA) is 61.0 Å². The first-order valence-electron chi connectivity index (χ1n) is 5.60. The molecule has 2 aromatic heterocycles. The number of anilines is 1. The van der Waals surface area contributed by atoms with Crippen molar-refractivity contribution in [1.29, 1.82) is 0 Å². The van der Waals surface area contributed by atoms with Gasteiger partial charge in [-0.3, -0.25) is 0 Å². The number of fused-ring (bicyclic) bond motifs is 1. The molecular weight excluding hydrogens is 373 g/mol. The summed E-state index contributed by atoms with van der Waals surface area (Å²) in [6.45, 7) is 0.318. The lowest BCUT2D eigenvalue weighted by molar-refractivity contribution is 0.296. The van der Waals surface area contributed by atoms with E-state index in [-0.39, 0.29) is 0 Å². The molecule has 1 aromatic carbocycles. The van der Waals surface area contributed by atoms with E-state index in [1.165, 1.54) is 3.57 Å². The maximum absolute atomic E-state index is 5.89. The standard InChI is InChI=1S/C13H10IN3OS/c14-8-1-3-9(4-2-8)18-7-11-16-12(15)10-5-6-19-13(10)17-11/h1-6H,7H2,(H2,15,16,17). The molecular formula is C13H10IN3OS. The summed E-state index contributed by atoms with van der Waals surface area (Å²) in [7, 11) is 0. The van der Waals surface area contributed by atoms with E-state index in [4.69, 9.17) is 10.5 Å². The van der Waals surface area contributed by atoms with Gasteiger partial charge < -0.3 is 10.5 Å². The van der Waals surface area contributed by atoms with E-state index in [1.807, 2.05) is 35.7 Å². The number of nitrogens with zero attached hydrogens (tertiary/aromatic N) is 2. The molecule has 96 valence electrons. The smallest absolute Gasteiger partial charge is 0.169 e. The molecule has 0 amide bonds. The summed E-state index contributed by atoms with van der Waals surface area (Å²) in [6.07, 6.45) is 0. The number of benzene rings is 1. The zero-order chi connectivity index (χ0) is 13.2. The molecule has 0 saturated heterocycles. The van der Waals surface area contributed by atoms with Gasteiger partial charge in [0.2, 0.25) is 0 Å². The summed E-state index contributed by atoms with van der Waals surface area (Å²) < 4.78 is 6.82. The highest BCUT2D eigenvalue weighted by Gasteiger charge is 2.06. The van der Waals surface area contributed by atoms with Gasteiger partial charge in [-0.15, -0.1) is 11.3 Å². The molecule has 0 aliphatic heterocycles. The van der Waals surface area contributed by atoms with Crippen LogP contribution in [0.15, 0.2) is 35.7 Å². The second-order valence-corrected chi connectivity index (χ2v) is 6.05. The summed E-state index contributed by atoms with van der Waals surface area (Å²) >= 11 is 3.81. The first kappa shape index (κ1) is 12.6. The Labute approximate surface area is 127 Å². The van der Waals surface area contributed by atoms with Gasteiger partial charge in [-0.2, -0.15) is 0 Å². The van der Waals surface area contributed by atoms with Crippen molar-refractivity contribution in [1.82, 2.24) is 9.97 Å². The van der Waals surface area contributed by atoms with Gasteiger partial charge in [-0.05, 0) is 58.3 Å². The largest absolute Gasteiger partial charge is 0.486 e. The molecule has 19 heavy (non-hydrogen) atoms. The third kappa shape index (κ3) is 2.79. The molecule has 0 atom stereocenters. The molecule has 0 aliphatic carbocycles. The number of nitrogens with two attached hydrogens (primary N) is 1. The number of hydrogen-bond donors (Lipinski definition) is 1. The molecule has 4 nitrogen and oxygen atoms in total. The first-order chi connectivity index (χ1) is 9.22. The summed E-state index contributed by atoms with van der Waals surface area (Å²) in [5, 5.41) is 2.86. The fourth-order valence-corrected chi connectivity index (χ4v) is 2.82. The molecule has 6 heteroatoms. The minimum absolute atomic E-state index is 0.318. The fourth-order valence-electron chi connectivity index (χ4n) is 1.67. The minimum atomic E-state index is 0.318. The van der Waals surface area contributed by atoms with Crippen molar-refractivity contribution < 1.29 is 4.74 Å². The Kier molecular flexibility index (Phi) is 3.52. The lowest BCUT2D eigenvalue weighted by Crippen LogP contribution is -2.04. The Hall–Kier alpha value is -1.41. The highest BCUT2D eigenvalue weighted by molar-refractivity contribution is 14.1. The molecule has 0 spiro atoms. The van der Waals surface area contributed by atoms with Crippen molar-refractivity contribution in [2.45, 2.75) is 6.61 Å². The van der Waals surface area contributed by atoms with E-state index < -0.39 is 0 Å². The maximum Gasteiger partial charge on any atom is 0.169 e. The Morgan fingerprint density at radius 1 is 1.16 bits per heavy atom. The van der Waals surface area contributed by atoms with Crippen LogP contribution < -0.4 is 10.5 Å². The predicted molar refractivity (Wildman–Crippen MR) is 85.3 cm³/mol. The van der Waals surface area contributed by atoms with Gasteiger partial charge in [0.15, 0.2) is 5.82 Å². The fraction of sp³-hybridized carbons (Fsp3) is 0.0769. The van der Waals surface area contributed by atoms with E-state index >= 15 is 0 Å². The highest BCUT2D eigenvalue weighted by atomic mass is 127. The Morgan fingerprint density at radius 3 is 2.74 bits per heavy atom. The maximum atomic E-state index is 5.89. The van der Waals surface area contributed by atoms with Gasteiger partial charge >= 0.3 is 0 Å². The van der Waals surface area contributed by atoms with E-state index in [1.54, 1.807) is 11.3 Å². The summed E-state index contributed by atoms with van der Waals surface area (Å²) in [5.41, 5.74) is 5.89. The molecule has 0 aliphatic rings. The van der Waals surface area contributed by atoms with Gasteiger partial charge in [0.1, 0.15) is 23.0 Å². The van der Waals surface area contributed by atoms with Crippen LogP contribution in [0.3, 0.4) is 0 Å². The lowest BCUT2D eigenvalue weighted by Gasteiger charge is -2.06. The number of halogens is 1. The van der Waals surface area contributed by atoms with Crippen molar-refractivity contribution in [2.24, 2.45) is 0 Å². The molecule has 0 fully saturated rings. The number of hydrogen-bond acceptors (Lipinski definition) is 5. The number of ether oxygens (including phenoxy) is 1. The van der Waals surface area contributed by atoms with Gasteiger partial charge in [0.25, 0.3) is 0 Å². The number of aromatic nitrogens is 2. The third-order valence-corrected chi connectivity index (χ3v) is 4.11. The second kappa shape index (κ2) is 5.30. The van der Waals surface area contributed by atoms with E-state index in [0.717, 1.165) is 16.0 Å². The highest BCUT2D eigenvalue weighted by Crippen LogP contribution is 2.23. The van der Waals surface area contributed by atoms with Crippen LogP contribution in [-0.4, -0.2) is 9.97 Å². The Balaban J connectivity index is 1.79. The van der Waals surface area contributed by atoms with Crippen molar-refractivity contribution in [3.63, 3.8) is 0 Å². The number of rotatable bonds is 3. The van der Waals surface area contributed by atoms with Gasteiger partial charge in [-0.25, -0.2) is 9.97 Å². The predicted octanol–water partition coefficient (Wildman–Crippen LogP) is 3.46. The molecule has 2 heterocycles. The second-order valence-electron chi connectivity index (χ2n) is 3.91. The minimum Gasteiger partial charge on any atom is -0.486 e. The summed E-state index contributed by atoms with van der Waals surface area (Å²) in [6, 6.07) is 9.77. The first-order valence-corrected chi connectivity index (χ1v) is 7.56. The Morgan fingerprint density at radius 2 is 1.95 bits per heavy atom. The molecule has 3 aromatic rings. The normalized spacial score (nSPS) is 10.8. The van der Waals surface area contributed by atoms with Crippen LogP contribution in [0.25, 0.3) is 10.2 Å². The average molecular weight is 383 g/mol. The van der Waals surface area contributed by atoms with Gasteiger partial charge in [0, 0.05) is 3.57 Å². The van der Waals surface area contributed by atoms with Gasteiger partial charge in [-0.1, -0.05) is 0 Å². The van der Waals surface area contributed by atoms with E-state index in [0.29, 0.717) is 18.2 Å². The SMILES string of the molecule is Nc1nc(COc2ccc(I)cc2)nc2sccc12. The zero-order valence-electron chi connectivity index (χ0n) is 9.84. The van der Waals surface area contributed by atoms with Crippen molar-refractivity contribution >= 4 is 50.0 Å². The van der Waals surface area contributed by atoms with Crippen LogP contribution in [0.4, 0.5) is 5.82 Å². The Bertz CT molecular complexity index is 711.